The van der Waals surface area contributed by atoms with Gasteiger partial charge < -0.3 is 34.2 Å². The van der Waals surface area contributed by atoms with E-state index >= 15 is 0 Å². The van der Waals surface area contributed by atoms with Crippen molar-refractivity contribution in [3.63, 3.8) is 0 Å². The Kier molecular flexibility index (Phi) is 59.1. The number of phosphoric acid groups is 2. The van der Waals surface area contributed by atoms with Crippen LogP contribution in [-0.2, 0) is 55.8 Å². The van der Waals surface area contributed by atoms with Crippen molar-refractivity contribution in [1.29, 1.82) is 0 Å². The zero-order chi connectivity index (χ0) is 62.4. The van der Waals surface area contributed by atoms with Crippen molar-refractivity contribution < 1.29 is 75.8 Å². The number of aliphatic hydroxyl groups is 2. The van der Waals surface area contributed by atoms with E-state index in [0.717, 1.165) is 135 Å². The predicted molar refractivity (Wildman–Crippen MR) is 344 cm³/mol. The Labute approximate surface area is 515 Å². The number of esters is 3. The largest absolute Gasteiger partial charge is 0.472 e. The number of hydrogen-bond donors (Lipinski definition) is 4. The Balaban J connectivity index is 4.54. The van der Waals surface area contributed by atoms with E-state index in [1.54, 1.807) is 0 Å². The Bertz CT molecular complexity index is 1850. The molecule has 0 radical (unpaired) electrons. The second-order valence-electron chi connectivity index (χ2n) is 22.3. The fourth-order valence-electron chi connectivity index (χ4n) is 8.76. The molecule has 5 atom stereocenters. The molecule has 0 aromatic rings. The summed E-state index contributed by atoms with van der Waals surface area (Å²) >= 11 is 0. The van der Waals surface area contributed by atoms with Gasteiger partial charge >= 0.3 is 33.6 Å². The molecule has 0 aliphatic heterocycles. The van der Waals surface area contributed by atoms with Gasteiger partial charge in [-0.1, -0.05) is 235 Å². The lowest BCUT2D eigenvalue weighted by atomic mass is 10.1. The monoisotopic (exact) mass is 1240 g/mol. The highest BCUT2D eigenvalue weighted by molar-refractivity contribution is 7.47. The van der Waals surface area contributed by atoms with Crippen molar-refractivity contribution in [2.24, 2.45) is 0 Å². The van der Waals surface area contributed by atoms with Crippen LogP contribution in [0.1, 0.15) is 278 Å². The molecule has 0 rings (SSSR count). The van der Waals surface area contributed by atoms with Crippen LogP contribution in [0.25, 0.3) is 0 Å². The minimum atomic E-state index is -4.92. The molecule has 85 heavy (non-hydrogen) atoms. The number of carbonyl (C=O) groups is 3. The van der Waals surface area contributed by atoms with E-state index < -0.39 is 91.5 Å². The van der Waals surface area contributed by atoms with E-state index in [4.69, 9.17) is 32.3 Å². The Morgan fingerprint density at radius 1 is 0.329 bits per heavy atom. The molecule has 0 saturated heterocycles. The number of carbonyl (C=O) groups excluding carboxylic acids is 3. The molecule has 5 unspecified atom stereocenters. The summed E-state index contributed by atoms with van der Waals surface area (Å²) in [5.74, 6) is -1.59. The van der Waals surface area contributed by atoms with Crippen molar-refractivity contribution in [1.82, 2.24) is 0 Å². The first-order chi connectivity index (χ1) is 41.2. The third-order valence-electron chi connectivity index (χ3n) is 13.9. The first-order valence-electron chi connectivity index (χ1n) is 33.2. The van der Waals surface area contributed by atoms with Crippen LogP contribution < -0.4 is 0 Å². The lowest BCUT2D eigenvalue weighted by Crippen LogP contribution is -2.30. The van der Waals surface area contributed by atoms with Crippen molar-refractivity contribution >= 4 is 33.6 Å². The van der Waals surface area contributed by atoms with Gasteiger partial charge in [0.05, 0.1) is 26.4 Å². The molecule has 0 fully saturated rings. The normalized spacial score (nSPS) is 14.8. The highest BCUT2D eigenvalue weighted by atomic mass is 31.2. The quantitative estimate of drug-likeness (QED) is 0.0146. The SMILES string of the molecule is CCCCC/C=C\C/C=C\C/C=C\C/C=C\CCCCCCCCCC(=O)OCC(O)COP(=O)(O)OCC(O)COP(=O)(O)OCC(COC(=O)CCCCCCC/C=C\C/C=C\CCCCC)OC(=O)CCCCCCCCCCCCC. The molecule has 4 N–H and O–H groups in total. The first kappa shape index (κ1) is 82.0. The van der Waals surface area contributed by atoms with E-state index in [-0.39, 0.29) is 19.3 Å². The van der Waals surface area contributed by atoms with E-state index in [1.165, 1.54) is 83.5 Å². The molecule has 0 aliphatic rings. The standard InChI is InChI=1S/C67H120O16P2/c1-4-7-10-13-16-19-22-24-26-27-28-29-30-31-32-33-35-37-39-41-44-47-50-53-65(70)77-56-62(68)57-79-84(73,74)80-58-63(69)59-81-85(75,76)82-61-64(83-67(72)55-52-49-46-43-38-21-18-15-12-9-6-3)60-78-66(71)54-51-48-45-42-40-36-34-25-23-20-17-14-11-8-5-2/h16-17,19-20,24-26,28-29,31-32,34,62-64,68-69H,4-15,18,21-23,27,30,33,35-61H2,1-3H3,(H,73,74)(H,75,76)/b19-16-,20-17-,26-24-,29-28-,32-31-,34-25-. The zero-order valence-electron chi connectivity index (χ0n) is 53.3. The Morgan fingerprint density at radius 2 is 0.588 bits per heavy atom. The lowest BCUT2D eigenvalue weighted by Gasteiger charge is -2.21. The summed E-state index contributed by atoms with van der Waals surface area (Å²) in [5, 5.41) is 20.5. The maximum absolute atomic E-state index is 12.8. The predicted octanol–water partition coefficient (Wildman–Crippen LogP) is 18.0. The van der Waals surface area contributed by atoms with Crippen molar-refractivity contribution in [2.45, 2.75) is 296 Å². The Hall–Kier alpha value is -3.01. The first-order valence-corrected chi connectivity index (χ1v) is 36.2. The van der Waals surface area contributed by atoms with Gasteiger partial charge in [0.2, 0.25) is 0 Å². The highest BCUT2D eigenvalue weighted by Gasteiger charge is 2.29. The van der Waals surface area contributed by atoms with Crippen LogP contribution in [0.3, 0.4) is 0 Å². The number of hydrogen-bond acceptors (Lipinski definition) is 14. The number of allylic oxidation sites excluding steroid dienone is 12. The van der Waals surface area contributed by atoms with E-state index in [0.29, 0.717) is 19.3 Å². The van der Waals surface area contributed by atoms with Crippen molar-refractivity contribution in [3.05, 3.63) is 72.9 Å². The van der Waals surface area contributed by atoms with Crippen LogP contribution >= 0.6 is 15.6 Å². The number of aliphatic hydroxyl groups excluding tert-OH is 2. The molecule has 0 aliphatic carbocycles. The zero-order valence-corrected chi connectivity index (χ0v) is 55.1. The average molecular weight is 1240 g/mol. The van der Waals surface area contributed by atoms with Gasteiger partial charge in [-0.05, 0) is 96.3 Å². The Morgan fingerprint density at radius 3 is 0.953 bits per heavy atom. The number of ether oxygens (including phenoxy) is 3. The van der Waals surface area contributed by atoms with Crippen molar-refractivity contribution in [3.8, 4) is 0 Å². The molecule has 0 aromatic heterocycles. The number of rotatable bonds is 63. The molecule has 0 bridgehead atoms. The van der Waals surface area contributed by atoms with Crippen LogP contribution in [0.5, 0.6) is 0 Å². The molecule has 0 heterocycles. The van der Waals surface area contributed by atoms with Crippen LogP contribution in [0.2, 0.25) is 0 Å². The molecule has 0 amide bonds. The molecule has 494 valence electrons. The van der Waals surface area contributed by atoms with Gasteiger partial charge in [0, 0.05) is 19.3 Å². The maximum Gasteiger partial charge on any atom is 0.472 e. The van der Waals surface area contributed by atoms with E-state index in [9.17, 15) is 43.5 Å². The average Bonchev–Trinajstić information content (AvgIpc) is 3.60. The third-order valence-corrected chi connectivity index (χ3v) is 15.8. The van der Waals surface area contributed by atoms with E-state index in [2.05, 4.69) is 93.7 Å². The summed E-state index contributed by atoms with van der Waals surface area (Å²) in [5.41, 5.74) is 0. The smallest absolute Gasteiger partial charge is 0.463 e. The van der Waals surface area contributed by atoms with Crippen LogP contribution in [-0.4, -0.2) is 95.9 Å². The van der Waals surface area contributed by atoms with Gasteiger partial charge in [-0.2, -0.15) is 0 Å². The summed E-state index contributed by atoms with van der Waals surface area (Å²) in [7, 11) is -9.76. The molecule has 16 nitrogen and oxygen atoms in total. The third kappa shape index (κ3) is 62.4. The minimum Gasteiger partial charge on any atom is -0.463 e. The van der Waals surface area contributed by atoms with Gasteiger partial charge in [0.1, 0.15) is 25.4 Å². The second kappa shape index (κ2) is 61.2. The van der Waals surface area contributed by atoms with E-state index in [1.807, 2.05) is 0 Å². The maximum atomic E-state index is 12.8. The van der Waals surface area contributed by atoms with Crippen LogP contribution in [0.15, 0.2) is 72.9 Å². The van der Waals surface area contributed by atoms with Gasteiger partial charge in [0.25, 0.3) is 0 Å². The summed E-state index contributed by atoms with van der Waals surface area (Å²) in [4.78, 5) is 58.2. The second-order valence-corrected chi connectivity index (χ2v) is 25.2. The van der Waals surface area contributed by atoms with Gasteiger partial charge in [-0.3, -0.25) is 32.5 Å². The summed E-state index contributed by atoms with van der Waals surface area (Å²) < 4.78 is 60.7. The number of unbranched alkanes of at least 4 members (excludes halogenated alkanes) is 28. The van der Waals surface area contributed by atoms with Gasteiger partial charge in [-0.15, -0.1) is 0 Å². The molecule has 18 heteroatoms. The minimum absolute atomic E-state index is 0.105. The van der Waals surface area contributed by atoms with Gasteiger partial charge in [-0.25, -0.2) is 9.13 Å². The summed E-state index contributed by atoms with van der Waals surface area (Å²) in [6.45, 7) is 2.58. The molecular formula is C67H120O16P2. The lowest BCUT2D eigenvalue weighted by molar-refractivity contribution is -0.161. The molecule has 0 aromatic carbocycles. The number of phosphoric ester groups is 2. The molecule has 0 spiro atoms. The van der Waals surface area contributed by atoms with Gasteiger partial charge in [0.15, 0.2) is 6.10 Å². The topological polar surface area (TPSA) is 231 Å². The molecule has 0 saturated carbocycles. The van der Waals surface area contributed by atoms with Crippen LogP contribution in [0, 0.1) is 0 Å². The summed E-state index contributed by atoms with van der Waals surface area (Å²) in [6.07, 6.45) is 62.5. The molecular weight excluding hydrogens is 1120 g/mol. The van der Waals surface area contributed by atoms with Crippen molar-refractivity contribution in [2.75, 3.05) is 39.6 Å². The fraction of sp³-hybridized carbons (Fsp3) is 0.776. The van der Waals surface area contributed by atoms with Crippen LogP contribution in [0.4, 0.5) is 0 Å². The highest BCUT2D eigenvalue weighted by Crippen LogP contribution is 2.45. The summed E-state index contributed by atoms with van der Waals surface area (Å²) in [6, 6.07) is 0. The fourth-order valence-corrected chi connectivity index (χ4v) is 10.3.